The number of hydrogen-bond donors (Lipinski definition) is 1. The van der Waals surface area contributed by atoms with Crippen LogP contribution < -0.4 is 0 Å². The second-order valence-corrected chi connectivity index (χ2v) is 7.05. The molecule has 1 saturated heterocycles. The maximum atomic E-state index is 12.3. The van der Waals surface area contributed by atoms with E-state index < -0.39 is 18.2 Å². The minimum absolute atomic E-state index is 0.155. The van der Waals surface area contributed by atoms with Crippen LogP contribution in [0.4, 0.5) is 0 Å². The summed E-state index contributed by atoms with van der Waals surface area (Å²) < 4.78 is 12.6. The van der Waals surface area contributed by atoms with Gasteiger partial charge in [0.1, 0.15) is 6.61 Å². The predicted octanol–water partition coefficient (Wildman–Crippen LogP) is 2.44. The lowest BCUT2D eigenvalue weighted by atomic mass is 9.97. The van der Waals surface area contributed by atoms with E-state index in [1.165, 1.54) is 0 Å². The normalized spacial score (nSPS) is 21.6. The third-order valence-electron chi connectivity index (χ3n) is 4.58. The molecule has 26 heavy (non-hydrogen) atoms. The Morgan fingerprint density at radius 2 is 2.19 bits per heavy atom. The van der Waals surface area contributed by atoms with Crippen molar-refractivity contribution in [3.63, 3.8) is 0 Å². The monoisotopic (exact) mass is 357 g/mol. The Morgan fingerprint density at radius 3 is 2.88 bits per heavy atom. The predicted molar refractivity (Wildman–Crippen MR) is 97.2 cm³/mol. The number of fused-ring (bicyclic) bond motifs is 1. The summed E-state index contributed by atoms with van der Waals surface area (Å²) in [6.07, 6.45) is 3.93. The first kappa shape index (κ1) is 18.2. The first-order valence-electron chi connectivity index (χ1n) is 8.61. The molecule has 0 radical (unpaired) electrons. The zero-order chi connectivity index (χ0) is 18.9. The van der Waals surface area contributed by atoms with Crippen LogP contribution in [0.3, 0.4) is 0 Å². The second-order valence-electron chi connectivity index (χ2n) is 7.05. The van der Waals surface area contributed by atoms with Gasteiger partial charge < -0.3 is 19.1 Å². The topological polar surface area (TPSA) is 77.8 Å². The van der Waals surface area contributed by atoms with Gasteiger partial charge >= 0.3 is 11.9 Å². The SMILES string of the molecule is CC(C)C(=O)OCC1(CO)C/C(=C\c2cccc3ccn(C)c23)C(=O)O1. The second kappa shape index (κ2) is 6.96. The Bertz CT molecular complexity index is 879. The van der Waals surface area contributed by atoms with E-state index in [9.17, 15) is 14.7 Å². The number of aliphatic hydroxyl groups excluding tert-OH is 1. The average molecular weight is 357 g/mol. The van der Waals surface area contributed by atoms with Crippen LogP contribution in [-0.2, 0) is 26.1 Å². The van der Waals surface area contributed by atoms with Crippen molar-refractivity contribution in [1.29, 1.82) is 0 Å². The highest BCUT2D eigenvalue weighted by Crippen LogP contribution is 2.33. The summed E-state index contributed by atoms with van der Waals surface area (Å²) in [5.41, 5.74) is 1.15. The Morgan fingerprint density at radius 1 is 1.42 bits per heavy atom. The average Bonchev–Trinajstić information content (AvgIpc) is 3.14. The van der Waals surface area contributed by atoms with Crippen molar-refractivity contribution >= 4 is 28.9 Å². The van der Waals surface area contributed by atoms with Crippen LogP contribution in [0.5, 0.6) is 0 Å². The van der Waals surface area contributed by atoms with Gasteiger partial charge in [0.15, 0.2) is 5.60 Å². The van der Waals surface area contributed by atoms with Crippen LogP contribution >= 0.6 is 0 Å². The molecular formula is C20H23NO5. The Kier molecular flexibility index (Phi) is 4.87. The number of para-hydroxylation sites is 1. The third-order valence-corrected chi connectivity index (χ3v) is 4.58. The molecule has 2 aromatic rings. The quantitative estimate of drug-likeness (QED) is 0.657. The van der Waals surface area contributed by atoms with Crippen LogP contribution in [0.15, 0.2) is 36.0 Å². The molecule has 0 saturated carbocycles. The summed E-state index contributed by atoms with van der Waals surface area (Å²) >= 11 is 0. The lowest BCUT2D eigenvalue weighted by molar-refractivity contribution is -0.168. The zero-order valence-electron chi connectivity index (χ0n) is 15.2. The minimum Gasteiger partial charge on any atom is -0.461 e. The minimum atomic E-state index is -1.21. The van der Waals surface area contributed by atoms with Crippen LogP contribution in [-0.4, -0.2) is 40.4 Å². The van der Waals surface area contributed by atoms with Crippen LogP contribution in [0.2, 0.25) is 0 Å². The van der Waals surface area contributed by atoms with Gasteiger partial charge in [-0.25, -0.2) is 4.79 Å². The number of carbonyl (C=O) groups excluding carboxylic acids is 2. The first-order chi connectivity index (χ1) is 12.3. The number of benzene rings is 1. The highest BCUT2D eigenvalue weighted by atomic mass is 16.6. The summed E-state index contributed by atoms with van der Waals surface area (Å²) in [6.45, 7) is 2.88. The maximum Gasteiger partial charge on any atom is 0.334 e. The van der Waals surface area contributed by atoms with Crippen molar-refractivity contribution in [2.24, 2.45) is 13.0 Å². The van der Waals surface area contributed by atoms with Gasteiger partial charge in [-0.3, -0.25) is 4.79 Å². The summed E-state index contributed by atoms with van der Waals surface area (Å²) in [6, 6.07) is 7.88. The number of cyclic esters (lactones) is 1. The number of hydrogen-bond acceptors (Lipinski definition) is 5. The number of rotatable bonds is 5. The van der Waals surface area contributed by atoms with E-state index in [-0.39, 0.29) is 24.9 Å². The molecule has 138 valence electrons. The number of aryl methyl sites for hydroxylation is 1. The molecule has 1 unspecified atom stereocenters. The van der Waals surface area contributed by atoms with Gasteiger partial charge in [0.2, 0.25) is 0 Å². The zero-order valence-corrected chi connectivity index (χ0v) is 15.2. The number of aliphatic hydroxyl groups is 1. The highest BCUT2D eigenvalue weighted by Gasteiger charge is 2.44. The fourth-order valence-electron chi connectivity index (χ4n) is 3.10. The van der Waals surface area contributed by atoms with Gasteiger partial charge in [-0.2, -0.15) is 0 Å². The van der Waals surface area contributed by atoms with Crippen molar-refractivity contribution in [2.75, 3.05) is 13.2 Å². The van der Waals surface area contributed by atoms with Gasteiger partial charge in [-0.1, -0.05) is 32.0 Å². The molecule has 0 aliphatic carbocycles. The van der Waals surface area contributed by atoms with Crippen LogP contribution in [0, 0.1) is 5.92 Å². The largest absolute Gasteiger partial charge is 0.461 e. The Hall–Kier alpha value is -2.60. The van der Waals surface area contributed by atoms with Crippen LogP contribution in [0.1, 0.15) is 25.8 Å². The van der Waals surface area contributed by atoms with Crippen molar-refractivity contribution in [1.82, 2.24) is 4.57 Å². The lowest BCUT2D eigenvalue weighted by Gasteiger charge is -2.24. The number of aromatic nitrogens is 1. The Labute approximate surface area is 152 Å². The molecular weight excluding hydrogens is 334 g/mol. The van der Waals surface area contributed by atoms with E-state index in [1.54, 1.807) is 19.9 Å². The molecule has 1 aromatic heterocycles. The number of ether oxygens (including phenoxy) is 2. The fraction of sp³-hybridized carbons (Fsp3) is 0.400. The standard InChI is InChI=1S/C20H23NO5/c1-13(2)18(23)25-12-20(11-22)10-16(19(24)26-20)9-15-6-4-5-14-7-8-21(3)17(14)15/h4-9,13,22H,10-12H2,1-3H3/b16-9+. The summed E-state index contributed by atoms with van der Waals surface area (Å²) in [4.78, 5) is 24.0. The van der Waals surface area contributed by atoms with Crippen molar-refractivity contribution in [3.8, 4) is 0 Å². The van der Waals surface area contributed by atoms with E-state index in [0.29, 0.717) is 5.57 Å². The van der Waals surface area contributed by atoms with Gasteiger partial charge in [-0.15, -0.1) is 0 Å². The summed E-state index contributed by atoms with van der Waals surface area (Å²) in [5.74, 6) is -1.17. The molecule has 6 heteroatoms. The molecule has 3 rings (SSSR count). The summed E-state index contributed by atoms with van der Waals surface area (Å²) in [5, 5.41) is 10.8. The molecule has 0 amide bonds. The molecule has 2 heterocycles. The van der Waals surface area contributed by atoms with Gasteiger partial charge in [0.25, 0.3) is 0 Å². The molecule has 6 nitrogen and oxygen atoms in total. The number of nitrogens with zero attached hydrogens (tertiary/aromatic N) is 1. The molecule has 1 aliphatic heterocycles. The molecule has 1 N–H and O–H groups in total. The van der Waals surface area contributed by atoms with Gasteiger partial charge in [0, 0.05) is 30.6 Å². The highest BCUT2D eigenvalue weighted by molar-refractivity contribution is 5.99. The Balaban J connectivity index is 1.87. The third kappa shape index (κ3) is 3.37. The van der Waals surface area contributed by atoms with E-state index in [1.807, 2.05) is 42.1 Å². The molecule has 1 atom stereocenters. The van der Waals surface area contributed by atoms with Gasteiger partial charge in [-0.05, 0) is 17.7 Å². The van der Waals surface area contributed by atoms with Crippen molar-refractivity contribution in [2.45, 2.75) is 25.9 Å². The number of carbonyl (C=O) groups is 2. The molecule has 0 bridgehead atoms. The van der Waals surface area contributed by atoms with Crippen molar-refractivity contribution < 1.29 is 24.2 Å². The van der Waals surface area contributed by atoms with Crippen LogP contribution in [0.25, 0.3) is 17.0 Å². The maximum absolute atomic E-state index is 12.3. The molecule has 0 spiro atoms. The van der Waals surface area contributed by atoms with E-state index >= 15 is 0 Å². The first-order valence-corrected chi connectivity index (χ1v) is 8.61. The fourth-order valence-corrected chi connectivity index (χ4v) is 3.10. The van der Waals surface area contributed by atoms with E-state index in [2.05, 4.69) is 0 Å². The van der Waals surface area contributed by atoms with Gasteiger partial charge in [0.05, 0.1) is 18.0 Å². The molecule has 1 aromatic carbocycles. The smallest absolute Gasteiger partial charge is 0.334 e. The molecule has 1 fully saturated rings. The van der Waals surface area contributed by atoms with E-state index in [4.69, 9.17) is 9.47 Å². The van der Waals surface area contributed by atoms with E-state index in [0.717, 1.165) is 16.5 Å². The van der Waals surface area contributed by atoms with Crippen molar-refractivity contribution in [3.05, 3.63) is 41.6 Å². The lowest BCUT2D eigenvalue weighted by Crippen LogP contribution is -2.39. The molecule has 1 aliphatic rings. The summed E-state index contributed by atoms with van der Waals surface area (Å²) in [7, 11) is 1.95. The number of esters is 2.